The predicted octanol–water partition coefficient (Wildman–Crippen LogP) is 3.47. The second kappa shape index (κ2) is 7.93. The first-order valence-corrected chi connectivity index (χ1v) is 9.89. The zero-order valence-electron chi connectivity index (χ0n) is 14.0. The van der Waals surface area contributed by atoms with E-state index in [9.17, 15) is 9.59 Å². The highest BCUT2D eigenvalue weighted by Crippen LogP contribution is 2.38. The van der Waals surface area contributed by atoms with Gasteiger partial charge in [0.25, 0.3) is 5.91 Å². The molecule has 0 unspecified atom stereocenters. The van der Waals surface area contributed by atoms with Crippen molar-refractivity contribution in [1.29, 1.82) is 0 Å². The Morgan fingerprint density at radius 1 is 1.24 bits per heavy atom. The van der Waals surface area contributed by atoms with Crippen LogP contribution in [0.4, 0.5) is 5.00 Å². The van der Waals surface area contributed by atoms with E-state index in [1.807, 2.05) is 24.3 Å². The number of anilines is 1. The largest absolute Gasteiger partial charge is 0.497 e. The quantitative estimate of drug-likeness (QED) is 0.757. The third-order valence-corrected chi connectivity index (χ3v) is 6.32. The molecule has 1 heterocycles. The lowest BCUT2D eigenvalue weighted by Crippen LogP contribution is -2.19. The van der Waals surface area contributed by atoms with Crippen molar-refractivity contribution >= 4 is 39.9 Å². The van der Waals surface area contributed by atoms with Crippen molar-refractivity contribution in [2.45, 2.75) is 30.6 Å². The molecule has 3 rings (SSSR count). The highest BCUT2D eigenvalue weighted by Gasteiger charge is 2.24. The van der Waals surface area contributed by atoms with Crippen LogP contribution in [0.15, 0.2) is 29.2 Å². The Balaban J connectivity index is 1.66. The number of benzene rings is 1. The average Bonchev–Trinajstić information content (AvgIpc) is 2.98. The Morgan fingerprint density at radius 2 is 1.96 bits per heavy atom. The zero-order valence-corrected chi connectivity index (χ0v) is 15.6. The topological polar surface area (TPSA) is 81.4 Å². The SMILES string of the molecule is COc1ccc(SCC(=O)Nc2sc3c(c2C(N)=O)CCCC3)cc1. The summed E-state index contributed by atoms with van der Waals surface area (Å²) in [7, 11) is 1.62. The molecule has 0 radical (unpaired) electrons. The van der Waals surface area contributed by atoms with Crippen molar-refractivity contribution in [3.63, 3.8) is 0 Å². The van der Waals surface area contributed by atoms with Gasteiger partial charge in [-0.15, -0.1) is 23.1 Å². The Kier molecular flexibility index (Phi) is 5.65. The number of carbonyl (C=O) groups is 2. The van der Waals surface area contributed by atoms with Crippen LogP contribution in [0.1, 0.15) is 33.6 Å². The molecule has 1 aliphatic rings. The molecule has 132 valence electrons. The number of amides is 2. The number of fused-ring (bicyclic) bond motifs is 1. The van der Waals surface area contributed by atoms with Gasteiger partial charge in [-0.05, 0) is 55.5 Å². The van der Waals surface area contributed by atoms with Crippen LogP contribution in [-0.2, 0) is 17.6 Å². The molecule has 0 spiro atoms. The maximum atomic E-state index is 12.3. The monoisotopic (exact) mass is 376 g/mol. The third-order valence-electron chi connectivity index (χ3n) is 4.10. The number of hydrogen-bond acceptors (Lipinski definition) is 5. The minimum atomic E-state index is -0.461. The summed E-state index contributed by atoms with van der Waals surface area (Å²) in [5.41, 5.74) is 7.08. The lowest BCUT2D eigenvalue weighted by atomic mass is 9.95. The Morgan fingerprint density at radius 3 is 2.64 bits per heavy atom. The summed E-state index contributed by atoms with van der Waals surface area (Å²) in [4.78, 5) is 26.3. The number of aryl methyl sites for hydroxylation is 1. The fourth-order valence-corrected chi connectivity index (χ4v) is 4.91. The van der Waals surface area contributed by atoms with Gasteiger partial charge in [0.1, 0.15) is 10.8 Å². The van der Waals surface area contributed by atoms with Crippen molar-refractivity contribution in [2.75, 3.05) is 18.2 Å². The van der Waals surface area contributed by atoms with E-state index >= 15 is 0 Å². The van der Waals surface area contributed by atoms with Crippen LogP contribution in [-0.4, -0.2) is 24.7 Å². The lowest BCUT2D eigenvalue weighted by Gasteiger charge is -2.11. The van der Waals surface area contributed by atoms with Crippen molar-refractivity contribution in [3.05, 3.63) is 40.3 Å². The smallest absolute Gasteiger partial charge is 0.251 e. The summed E-state index contributed by atoms with van der Waals surface area (Å²) in [5.74, 6) is 0.455. The minimum Gasteiger partial charge on any atom is -0.497 e. The van der Waals surface area contributed by atoms with Gasteiger partial charge in [-0.2, -0.15) is 0 Å². The zero-order chi connectivity index (χ0) is 17.8. The normalized spacial score (nSPS) is 13.2. The second-order valence-electron chi connectivity index (χ2n) is 5.79. The standard InChI is InChI=1S/C18H20N2O3S2/c1-23-11-6-8-12(9-7-11)24-10-15(21)20-18-16(17(19)22)13-4-2-3-5-14(13)25-18/h6-9H,2-5,10H2,1H3,(H2,19,22)(H,20,21). The van der Waals surface area contributed by atoms with E-state index in [-0.39, 0.29) is 11.7 Å². The van der Waals surface area contributed by atoms with Crippen molar-refractivity contribution in [2.24, 2.45) is 5.73 Å². The minimum absolute atomic E-state index is 0.137. The maximum Gasteiger partial charge on any atom is 0.251 e. The molecule has 7 heteroatoms. The first-order valence-electron chi connectivity index (χ1n) is 8.09. The fourth-order valence-electron chi connectivity index (χ4n) is 2.90. The number of ether oxygens (including phenoxy) is 1. The number of nitrogens with two attached hydrogens (primary N) is 1. The van der Waals surface area contributed by atoms with E-state index < -0.39 is 5.91 Å². The third kappa shape index (κ3) is 4.16. The Labute approximate surface area is 154 Å². The molecule has 5 nitrogen and oxygen atoms in total. The molecular formula is C18H20N2O3S2. The van der Waals surface area contributed by atoms with E-state index in [0.29, 0.717) is 10.6 Å². The maximum absolute atomic E-state index is 12.3. The van der Waals surface area contributed by atoms with Gasteiger partial charge < -0.3 is 15.8 Å². The van der Waals surface area contributed by atoms with Gasteiger partial charge in [0.15, 0.2) is 0 Å². The van der Waals surface area contributed by atoms with E-state index in [2.05, 4.69) is 5.32 Å². The van der Waals surface area contributed by atoms with Crippen molar-refractivity contribution in [3.8, 4) is 5.75 Å². The fraction of sp³-hybridized carbons (Fsp3) is 0.333. The molecule has 1 aromatic carbocycles. The van der Waals surface area contributed by atoms with Crippen molar-refractivity contribution < 1.29 is 14.3 Å². The Hall–Kier alpha value is -1.99. The number of thiophene rings is 1. The number of methoxy groups -OCH3 is 1. The molecule has 3 N–H and O–H groups in total. The van der Waals surface area contributed by atoms with E-state index in [1.54, 1.807) is 7.11 Å². The van der Waals surface area contributed by atoms with Gasteiger partial charge in [0.05, 0.1) is 18.4 Å². The van der Waals surface area contributed by atoms with E-state index in [4.69, 9.17) is 10.5 Å². The first-order chi connectivity index (χ1) is 12.1. The molecule has 0 atom stereocenters. The lowest BCUT2D eigenvalue weighted by molar-refractivity contribution is -0.113. The molecule has 0 saturated heterocycles. The first kappa shape index (κ1) is 17.8. The van der Waals surface area contributed by atoms with Gasteiger partial charge in [-0.25, -0.2) is 0 Å². The van der Waals surface area contributed by atoms with Crippen LogP contribution in [0.2, 0.25) is 0 Å². The highest BCUT2D eigenvalue weighted by molar-refractivity contribution is 8.00. The molecule has 1 aromatic heterocycles. The van der Waals surface area contributed by atoms with Crippen LogP contribution >= 0.6 is 23.1 Å². The number of thioether (sulfide) groups is 1. The molecule has 0 bridgehead atoms. The van der Waals surface area contributed by atoms with Crippen LogP contribution in [0.5, 0.6) is 5.75 Å². The van der Waals surface area contributed by atoms with Crippen LogP contribution < -0.4 is 15.8 Å². The van der Waals surface area contributed by atoms with Gasteiger partial charge in [-0.1, -0.05) is 0 Å². The number of nitrogens with one attached hydrogen (secondary N) is 1. The van der Waals surface area contributed by atoms with Gasteiger partial charge in [0.2, 0.25) is 5.91 Å². The van der Waals surface area contributed by atoms with Gasteiger partial charge >= 0.3 is 0 Å². The second-order valence-corrected chi connectivity index (χ2v) is 7.95. The summed E-state index contributed by atoms with van der Waals surface area (Å²) >= 11 is 2.92. The molecular weight excluding hydrogens is 356 g/mol. The average molecular weight is 377 g/mol. The molecule has 1 aliphatic carbocycles. The van der Waals surface area contributed by atoms with Crippen LogP contribution in [0.25, 0.3) is 0 Å². The summed E-state index contributed by atoms with van der Waals surface area (Å²) in [6, 6.07) is 7.54. The molecule has 25 heavy (non-hydrogen) atoms. The number of rotatable bonds is 6. The number of hydrogen-bond donors (Lipinski definition) is 2. The molecule has 0 fully saturated rings. The molecule has 2 amide bonds. The summed E-state index contributed by atoms with van der Waals surface area (Å²) in [6.45, 7) is 0. The molecule has 2 aromatic rings. The molecule has 0 aliphatic heterocycles. The van der Waals surface area contributed by atoms with E-state index in [0.717, 1.165) is 41.9 Å². The van der Waals surface area contributed by atoms with Crippen LogP contribution in [0.3, 0.4) is 0 Å². The van der Waals surface area contributed by atoms with Gasteiger partial charge in [-0.3, -0.25) is 9.59 Å². The Bertz CT molecular complexity index is 784. The van der Waals surface area contributed by atoms with Crippen molar-refractivity contribution in [1.82, 2.24) is 0 Å². The highest BCUT2D eigenvalue weighted by atomic mass is 32.2. The van der Waals surface area contributed by atoms with Crippen LogP contribution in [0, 0.1) is 0 Å². The summed E-state index contributed by atoms with van der Waals surface area (Å²) < 4.78 is 5.12. The van der Waals surface area contributed by atoms with Gasteiger partial charge in [0, 0.05) is 9.77 Å². The number of carbonyl (C=O) groups excluding carboxylic acids is 2. The molecule has 0 saturated carbocycles. The number of primary amides is 1. The summed E-state index contributed by atoms with van der Waals surface area (Å²) in [5, 5.41) is 3.47. The predicted molar refractivity (Wildman–Crippen MR) is 102 cm³/mol. The summed E-state index contributed by atoms with van der Waals surface area (Å²) in [6.07, 6.45) is 3.99. The van der Waals surface area contributed by atoms with E-state index in [1.165, 1.54) is 28.0 Å².